The molecule has 4 N–H and O–H groups in total. The van der Waals surface area contributed by atoms with Crippen molar-refractivity contribution in [3.63, 3.8) is 0 Å². The van der Waals surface area contributed by atoms with Crippen LogP contribution >= 0.6 is 24.8 Å². The molecular weight excluding hydrogens is 278 g/mol. The first-order chi connectivity index (χ1) is 7.66. The minimum absolute atomic E-state index is 0. The number of hydrogen-bond donors (Lipinski definition) is 3. The second kappa shape index (κ2) is 10.4. The largest absolute Gasteiger partial charge is 0.396 e. The van der Waals surface area contributed by atoms with Gasteiger partial charge in [0.25, 0.3) is 0 Å². The monoisotopic (exact) mass is 298 g/mol. The van der Waals surface area contributed by atoms with E-state index in [1.165, 1.54) is 6.07 Å². The van der Waals surface area contributed by atoms with Crippen molar-refractivity contribution < 1.29 is 9.50 Å². The Morgan fingerprint density at radius 1 is 1.39 bits per heavy atom. The zero-order valence-electron chi connectivity index (χ0n) is 10.4. The van der Waals surface area contributed by atoms with Gasteiger partial charge in [0.1, 0.15) is 0 Å². The van der Waals surface area contributed by atoms with Gasteiger partial charge in [-0.3, -0.25) is 0 Å². The number of benzene rings is 1. The van der Waals surface area contributed by atoms with Crippen LogP contribution in [-0.4, -0.2) is 18.2 Å². The second-order valence-corrected chi connectivity index (χ2v) is 3.82. The maximum absolute atomic E-state index is 13.5. The Bertz CT molecular complexity index is 340. The molecule has 1 rings (SSSR count). The summed E-state index contributed by atoms with van der Waals surface area (Å²) in [5.74, 6) is -0.521. The molecule has 0 aliphatic rings. The van der Waals surface area contributed by atoms with Crippen molar-refractivity contribution in [2.75, 3.05) is 18.8 Å². The number of aliphatic hydroxyl groups excluding tert-OH is 1. The summed E-state index contributed by atoms with van der Waals surface area (Å²) in [5.41, 5.74) is 5.76. The summed E-state index contributed by atoms with van der Waals surface area (Å²) >= 11 is 0. The first kappa shape index (κ1) is 19.8. The van der Waals surface area contributed by atoms with E-state index in [0.29, 0.717) is 6.54 Å². The molecule has 1 aromatic rings. The van der Waals surface area contributed by atoms with Gasteiger partial charge < -0.3 is 16.2 Å². The minimum atomic E-state index is -0.847. The topological polar surface area (TPSA) is 58.3 Å². The number of anilines is 1. The van der Waals surface area contributed by atoms with Gasteiger partial charge in [-0.05, 0) is 19.0 Å². The summed E-state index contributed by atoms with van der Waals surface area (Å²) in [4.78, 5) is 0. The Balaban J connectivity index is 0. The summed E-state index contributed by atoms with van der Waals surface area (Å²) in [6.45, 7) is 3.27. The Kier molecular flexibility index (Phi) is 11.4. The van der Waals surface area contributed by atoms with Crippen molar-refractivity contribution >= 4 is 30.5 Å². The molecule has 0 heterocycles. The number of halogens is 3. The molecule has 0 saturated carbocycles. The minimum Gasteiger partial charge on any atom is -0.396 e. The lowest BCUT2D eigenvalue weighted by Crippen LogP contribution is -2.23. The van der Waals surface area contributed by atoms with E-state index in [9.17, 15) is 9.50 Å². The van der Waals surface area contributed by atoms with Crippen molar-refractivity contribution in [2.24, 2.45) is 0 Å². The van der Waals surface area contributed by atoms with E-state index in [1.54, 1.807) is 12.1 Å². The maximum Gasteiger partial charge on any atom is 0.151 e. The van der Waals surface area contributed by atoms with E-state index < -0.39 is 11.9 Å². The number of hydrogen-bond acceptors (Lipinski definition) is 3. The highest BCUT2D eigenvalue weighted by Gasteiger charge is 2.13. The number of aliphatic hydroxyl groups is 1. The number of nitrogens with two attached hydrogens (primary N) is 1. The number of nitrogens with one attached hydrogen (secondary N) is 1. The van der Waals surface area contributed by atoms with Crippen LogP contribution in [0.4, 0.5) is 10.1 Å². The van der Waals surface area contributed by atoms with Crippen molar-refractivity contribution in [1.29, 1.82) is 0 Å². The van der Waals surface area contributed by atoms with Crippen LogP contribution < -0.4 is 11.1 Å². The van der Waals surface area contributed by atoms with Crippen LogP contribution in [0.2, 0.25) is 0 Å². The third kappa shape index (κ3) is 5.87. The zero-order valence-corrected chi connectivity index (χ0v) is 12.0. The Morgan fingerprint density at radius 2 is 2.06 bits per heavy atom. The predicted molar refractivity (Wildman–Crippen MR) is 78.0 cm³/mol. The fourth-order valence-corrected chi connectivity index (χ4v) is 1.48. The third-order valence-corrected chi connectivity index (χ3v) is 2.46. The molecule has 0 aromatic heterocycles. The Morgan fingerprint density at radius 3 is 2.67 bits per heavy atom. The lowest BCUT2D eigenvalue weighted by molar-refractivity contribution is 0.170. The van der Waals surface area contributed by atoms with Gasteiger partial charge in [0.05, 0.1) is 11.8 Å². The third-order valence-electron chi connectivity index (χ3n) is 2.46. The SMILES string of the molecule is CCCCNC[C@H](O)c1cccc(N)c1F.Cl.Cl. The first-order valence-corrected chi connectivity index (χ1v) is 5.59. The van der Waals surface area contributed by atoms with Crippen LogP contribution in [0.25, 0.3) is 0 Å². The molecule has 0 fully saturated rings. The molecule has 3 nitrogen and oxygen atoms in total. The van der Waals surface area contributed by atoms with Crippen LogP contribution in [0, 0.1) is 5.82 Å². The molecule has 1 aromatic carbocycles. The molecule has 0 spiro atoms. The van der Waals surface area contributed by atoms with Gasteiger partial charge in [0.15, 0.2) is 5.82 Å². The molecule has 106 valence electrons. The van der Waals surface area contributed by atoms with E-state index in [2.05, 4.69) is 12.2 Å². The van der Waals surface area contributed by atoms with E-state index in [1.807, 2.05) is 0 Å². The van der Waals surface area contributed by atoms with Gasteiger partial charge in [0, 0.05) is 12.1 Å². The fraction of sp³-hybridized carbons (Fsp3) is 0.500. The van der Waals surface area contributed by atoms with Crippen LogP contribution in [0.5, 0.6) is 0 Å². The zero-order chi connectivity index (χ0) is 12.0. The first-order valence-electron chi connectivity index (χ1n) is 5.59. The highest BCUT2D eigenvalue weighted by molar-refractivity contribution is 5.85. The van der Waals surface area contributed by atoms with Crippen LogP contribution in [-0.2, 0) is 0 Å². The van der Waals surface area contributed by atoms with Gasteiger partial charge in [-0.25, -0.2) is 4.39 Å². The lowest BCUT2D eigenvalue weighted by Gasteiger charge is -2.13. The van der Waals surface area contributed by atoms with Gasteiger partial charge in [-0.1, -0.05) is 25.5 Å². The second-order valence-electron chi connectivity index (χ2n) is 3.82. The van der Waals surface area contributed by atoms with Gasteiger partial charge in [-0.2, -0.15) is 0 Å². The van der Waals surface area contributed by atoms with E-state index >= 15 is 0 Å². The van der Waals surface area contributed by atoms with Crippen molar-refractivity contribution in [3.05, 3.63) is 29.6 Å². The molecule has 18 heavy (non-hydrogen) atoms. The Labute approximate surface area is 120 Å². The number of rotatable bonds is 6. The van der Waals surface area contributed by atoms with E-state index in [0.717, 1.165) is 19.4 Å². The quantitative estimate of drug-likeness (QED) is 0.559. The number of nitrogen functional groups attached to an aromatic ring is 1. The summed E-state index contributed by atoms with van der Waals surface area (Å²) < 4.78 is 13.5. The smallest absolute Gasteiger partial charge is 0.151 e. The molecule has 0 bridgehead atoms. The molecule has 0 amide bonds. The van der Waals surface area contributed by atoms with Gasteiger partial charge in [-0.15, -0.1) is 24.8 Å². The van der Waals surface area contributed by atoms with Gasteiger partial charge in [0.2, 0.25) is 0 Å². The summed E-state index contributed by atoms with van der Waals surface area (Å²) in [5, 5.41) is 12.8. The fourth-order valence-electron chi connectivity index (χ4n) is 1.48. The molecule has 0 radical (unpaired) electrons. The lowest BCUT2D eigenvalue weighted by atomic mass is 10.1. The summed E-state index contributed by atoms with van der Waals surface area (Å²) in [7, 11) is 0. The molecule has 6 heteroatoms. The molecule has 0 aliphatic heterocycles. The van der Waals surface area contributed by atoms with E-state index in [4.69, 9.17) is 5.73 Å². The normalized spacial score (nSPS) is 11.3. The number of unbranched alkanes of at least 4 members (excludes halogenated alkanes) is 1. The molecule has 0 saturated heterocycles. The average molecular weight is 299 g/mol. The van der Waals surface area contributed by atoms with Crippen molar-refractivity contribution in [3.8, 4) is 0 Å². The van der Waals surface area contributed by atoms with Crippen molar-refractivity contribution in [1.82, 2.24) is 5.32 Å². The standard InChI is InChI=1S/C12H19FN2O.2ClH/c1-2-3-7-15-8-11(16)9-5-4-6-10(14)12(9)13;;/h4-6,11,15-16H,2-3,7-8,14H2,1H3;2*1H/t11-;;/m0../s1. The maximum atomic E-state index is 13.5. The molecule has 1 atom stereocenters. The average Bonchev–Trinajstić information content (AvgIpc) is 2.28. The van der Waals surface area contributed by atoms with Gasteiger partial charge >= 0.3 is 0 Å². The van der Waals surface area contributed by atoms with Crippen LogP contribution in [0.15, 0.2) is 18.2 Å². The van der Waals surface area contributed by atoms with Crippen LogP contribution in [0.3, 0.4) is 0 Å². The highest BCUT2D eigenvalue weighted by atomic mass is 35.5. The molecule has 0 unspecified atom stereocenters. The molecule has 0 aliphatic carbocycles. The molecular formula is C12H21Cl2FN2O. The summed E-state index contributed by atoms with van der Waals surface area (Å²) in [6.07, 6.45) is 1.29. The van der Waals surface area contributed by atoms with Crippen LogP contribution in [0.1, 0.15) is 31.4 Å². The predicted octanol–water partition coefficient (Wildman–Crippen LogP) is 2.67. The van der Waals surface area contributed by atoms with E-state index in [-0.39, 0.29) is 36.1 Å². The van der Waals surface area contributed by atoms with Crippen molar-refractivity contribution in [2.45, 2.75) is 25.9 Å². The summed E-state index contributed by atoms with van der Waals surface area (Å²) in [6, 6.07) is 4.68. The Hall–Kier alpha value is -0.550. The highest BCUT2D eigenvalue weighted by Crippen LogP contribution is 2.20.